The van der Waals surface area contributed by atoms with E-state index < -0.39 is 0 Å². The zero-order chi connectivity index (χ0) is 11.1. The molecule has 0 amide bonds. The van der Waals surface area contributed by atoms with Gasteiger partial charge >= 0.3 is 0 Å². The SMILES string of the molecule is CC(C)(C)Cc1cn2ccc(N)cc2n1. The second kappa shape index (κ2) is 3.26. The van der Waals surface area contributed by atoms with Gasteiger partial charge in [0.1, 0.15) is 5.65 Å². The summed E-state index contributed by atoms with van der Waals surface area (Å²) in [5.74, 6) is 0. The molecule has 0 aliphatic carbocycles. The molecule has 3 nitrogen and oxygen atoms in total. The maximum Gasteiger partial charge on any atom is 0.139 e. The largest absolute Gasteiger partial charge is 0.399 e. The van der Waals surface area contributed by atoms with Gasteiger partial charge in [0.2, 0.25) is 0 Å². The van der Waals surface area contributed by atoms with Crippen molar-refractivity contribution in [2.45, 2.75) is 27.2 Å². The van der Waals surface area contributed by atoms with Crippen LogP contribution < -0.4 is 5.73 Å². The van der Waals surface area contributed by atoms with Crippen LogP contribution in [0.25, 0.3) is 5.65 Å². The summed E-state index contributed by atoms with van der Waals surface area (Å²) in [4.78, 5) is 4.54. The molecule has 2 N–H and O–H groups in total. The fraction of sp³-hybridized carbons (Fsp3) is 0.417. The maximum atomic E-state index is 5.71. The first-order valence-electron chi connectivity index (χ1n) is 5.17. The van der Waals surface area contributed by atoms with E-state index >= 15 is 0 Å². The number of rotatable bonds is 1. The number of hydrogen-bond acceptors (Lipinski definition) is 2. The minimum Gasteiger partial charge on any atom is -0.399 e. The van der Waals surface area contributed by atoms with Gasteiger partial charge in [-0.1, -0.05) is 20.8 Å². The molecular formula is C12H17N3. The van der Waals surface area contributed by atoms with Crippen molar-refractivity contribution < 1.29 is 0 Å². The highest BCUT2D eigenvalue weighted by atomic mass is 15.0. The van der Waals surface area contributed by atoms with Gasteiger partial charge in [-0.15, -0.1) is 0 Å². The lowest BCUT2D eigenvalue weighted by Gasteiger charge is -2.15. The van der Waals surface area contributed by atoms with E-state index in [0.717, 1.165) is 23.4 Å². The van der Waals surface area contributed by atoms with Crippen LogP contribution in [0.15, 0.2) is 24.5 Å². The zero-order valence-corrected chi connectivity index (χ0v) is 9.49. The minimum atomic E-state index is 0.267. The predicted octanol–water partition coefficient (Wildman–Crippen LogP) is 2.51. The highest BCUT2D eigenvalue weighted by Gasteiger charge is 2.13. The molecule has 0 aliphatic heterocycles. The second-order valence-electron chi connectivity index (χ2n) is 5.20. The van der Waals surface area contributed by atoms with Crippen LogP contribution >= 0.6 is 0 Å². The van der Waals surface area contributed by atoms with Gasteiger partial charge in [-0.3, -0.25) is 0 Å². The van der Waals surface area contributed by atoms with E-state index in [0.29, 0.717) is 0 Å². The van der Waals surface area contributed by atoms with E-state index in [-0.39, 0.29) is 5.41 Å². The lowest BCUT2D eigenvalue weighted by atomic mass is 9.91. The molecule has 3 heteroatoms. The molecule has 0 saturated heterocycles. The van der Waals surface area contributed by atoms with Crippen molar-refractivity contribution in [2.24, 2.45) is 5.41 Å². The molecule has 0 aromatic carbocycles. The van der Waals surface area contributed by atoms with E-state index in [4.69, 9.17) is 5.73 Å². The normalized spacial score (nSPS) is 12.2. The Balaban J connectivity index is 2.39. The van der Waals surface area contributed by atoms with Gasteiger partial charge in [0.05, 0.1) is 5.69 Å². The van der Waals surface area contributed by atoms with E-state index in [1.807, 2.05) is 22.7 Å². The highest BCUT2D eigenvalue weighted by Crippen LogP contribution is 2.20. The van der Waals surface area contributed by atoms with Crippen molar-refractivity contribution >= 4 is 11.3 Å². The molecule has 15 heavy (non-hydrogen) atoms. The molecule has 0 spiro atoms. The van der Waals surface area contributed by atoms with Crippen molar-refractivity contribution in [3.63, 3.8) is 0 Å². The average molecular weight is 203 g/mol. The van der Waals surface area contributed by atoms with Gasteiger partial charge in [-0.05, 0) is 17.9 Å². The smallest absolute Gasteiger partial charge is 0.139 e. The molecule has 2 aromatic rings. The Morgan fingerprint density at radius 1 is 1.40 bits per heavy atom. The third-order valence-corrected chi connectivity index (χ3v) is 2.25. The molecule has 0 aliphatic rings. The second-order valence-corrected chi connectivity index (χ2v) is 5.20. The van der Waals surface area contributed by atoms with Crippen molar-refractivity contribution in [2.75, 3.05) is 5.73 Å². The van der Waals surface area contributed by atoms with E-state index in [2.05, 4.69) is 32.0 Å². The van der Waals surface area contributed by atoms with Gasteiger partial charge in [0.25, 0.3) is 0 Å². The summed E-state index contributed by atoms with van der Waals surface area (Å²) >= 11 is 0. The third-order valence-electron chi connectivity index (χ3n) is 2.25. The van der Waals surface area contributed by atoms with Gasteiger partial charge in [0, 0.05) is 24.1 Å². The summed E-state index contributed by atoms with van der Waals surface area (Å²) in [6.45, 7) is 6.64. The van der Waals surface area contributed by atoms with Crippen molar-refractivity contribution in [1.82, 2.24) is 9.38 Å². The molecule has 2 rings (SSSR count). The molecule has 0 radical (unpaired) electrons. The minimum absolute atomic E-state index is 0.267. The monoisotopic (exact) mass is 203 g/mol. The Bertz CT molecular complexity index is 477. The van der Waals surface area contributed by atoms with Crippen LogP contribution in [0.2, 0.25) is 0 Å². The lowest BCUT2D eigenvalue weighted by Crippen LogP contribution is -2.09. The Kier molecular flexibility index (Phi) is 2.18. The molecule has 0 bridgehead atoms. The van der Waals surface area contributed by atoms with Crippen LogP contribution in [0.5, 0.6) is 0 Å². The summed E-state index contributed by atoms with van der Waals surface area (Å²) in [6.07, 6.45) is 5.00. The molecule has 2 aromatic heterocycles. The van der Waals surface area contributed by atoms with Gasteiger partial charge in [0.15, 0.2) is 0 Å². The molecule has 0 atom stereocenters. The van der Waals surface area contributed by atoms with Crippen LogP contribution in [0.3, 0.4) is 0 Å². The van der Waals surface area contributed by atoms with Crippen LogP contribution in [0.4, 0.5) is 5.69 Å². The van der Waals surface area contributed by atoms with Crippen molar-refractivity contribution in [3.05, 3.63) is 30.2 Å². The quantitative estimate of drug-likeness (QED) is 0.773. The van der Waals surface area contributed by atoms with Crippen LogP contribution in [0, 0.1) is 5.41 Å². The molecular weight excluding hydrogens is 186 g/mol. The lowest BCUT2D eigenvalue weighted by molar-refractivity contribution is 0.407. The summed E-state index contributed by atoms with van der Waals surface area (Å²) < 4.78 is 2.01. The van der Waals surface area contributed by atoms with Gasteiger partial charge < -0.3 is 10.1 Å². The predicted molar refractivity (Wildman–Crippen MR) is 62.8 cm³/mol. The molecule has 2 heterocycles. The van der Waals surface area contributed by atoms with Gasteiger partial charge in [-0.25, -0.2) is 4.98 Å². The number of anilines is 1. The number of aromatic nitrogens is 2. The number of pyridine rings is 1. The fourth-order valence-electron chi connectivity index (χ4n) is 1.68. The number of nitrogen functional groups attached to an aromatic ring is 1. The topological polar surface area (TPSA) is 43.3 Å². The Morgan fingerprint density at radius 3 is 2.80 bits per heavy atom. The first-order valence-corrected chi connectivity index (χ1v) is 5.17. The average Bonchev–Trinajstić information content (AvgIpc) is 2.42. The first-order chi connectivity index (χ1) is 6.94. The summed E-state index contributed by atoms with van der Waals surface area (Å²) in [5, 5.41) is 0. The molecule has 0 fully saturated rings. The Hall–Kier alpha value is -1.51. The molecule has 80 valence electrons. The number of nitrogens with zero attached hydrogens (tertiary/aromatic N) is 2. The summed E-state index contributed by atoms with van der Waals surface area (Å²) in [7, 11) is 0. The van der Waals surface area contributed by atoms with E-state index in [9.17, 15) is 0 Å². The van der Waals surface area contributed by atoms with E-state index in [1.54, 1.807) is 0 Å². The highest BCUT2D eigenvalue weighted by molar-refractivity contribution is 5.52. The van der Waals surface area contributed by atoms with Crippen molar-refractivity contribution in [1.29, 1.82) is 0 Å². The van der Waals surface area contributed by atoms with Crippen LogP contribution in [-0.4, -0.2) is 9.38 Å². The van der Waals surface area contributed by atoms with Crippen LogP contribution in [-0.2, 0) is 6.42 Å². The zero-order valence-electron chi connectivity index (χ0n) is 9.49. The summed E-state index contributed by atoms with van der Waals surface area (Å²) in [6, 6.07) is 3.78. The Labute approximate surface area is 89.9 Å². The fourth-order valence-corrected chi connectivity index (χ4v) is 1.68. The first kappa shape index (κ1) is 10.0. The molecule has 0 unspecified atom stereocenters. The standard InChI is InChI=1S/C12H17N3/c1-12(2,3)7-10-8-15-5-4-9(13)6-11(15)14-10/h4-6,8H,7,13H2,1-3H3. The number of imidazole rings is 1. The third kappa shape index (κ3) is 2.29. The van der Waals surface area contributed by atoms with Crippen LogP contribution in [0.1, 0.15) is 26.5 Å². The number of hydrogen-bond donors (Lipinski definition) is 1. The maximum absolute atomic E-state index is 5.71. The van der Waals surface area contributed by atoms with Gasteiger partial charge in [-0.2, -0.15) is 0 Å². The van der Waals surface area contributed by atoms with Crippen molar-refractivity contribution in [3.8, 4) is 0 Å². The molecule has 0 saturated carbocycles. The Morgan fingerprint density at radius 2 is 2.13 bits per heavy atom. The number of nitrogens with two attached hydrogens (primary N) is 1. The van der Waals surface area contributed by atoms with E-state index in [1.165, 1.54) is 0 Å². The number of fused-ring (bicyclic) bond motifs is 1. The summed E-state index contributed by atoms with van der Waals surface area (Å²) in [5.41, 5.74) is 8.78.